The van der Waals surface area contributed by atoms with Gasteiger partial charge in [0, 0.05) is 6.04 Å². The number of benzene rings is 1. The van der Waals surface area contributed by atoms with Crippen molar-refractivity contribution < 1.29 is 9.15 Å². The summed E-state index contributed by atoms with van der Waals surface area (Å²) in [5.41, 5.74) is 8.40. The molecule has 2 unspecified atom stereocenters. The van der Waals surface area contributed by atoms with Crippen molar-refractivity contribution in [2.45, 2.75) is 45.8 Å². The molecule has 20 heavy (non-hydrogen) atoms. The Kier molecular flexibility index (Phi) is 4.50. The molecule has 1 aromatic carbocycles. The summed E-state index contributed by atoms with van der Waals surface area (Å²) in [7, 11) is 0. The Labute approximate surface area is 120 Å². The monoisotopic (exact) mass is 273 g/mol. The zero-order chi connectivity index (χ0) is 14.7. The number of nitrogens with two attached hydrogens (primary N) is 1. The van der Waals surface area contributed by atoms with Gasteiger partial charge in [0.1, 0.15) is 11.5 Å². The highest BCUT2D eigenvalue weighted by Crippen LogP contribution is 2.30. The van der Waals surface area contributed by atoms with Gasteiger partial charge in [-0.05, 0) is 49.1 Å². The minimum absolute atomic E-state index is 0.150. The van der Waals surface area contributed by atoms with Gasteiger partial charge in [-0.2, -0.15) is 0 Å². The topological polar surface area (TPSA) is 48.4 Å². The summed E-state index contributed by atoms with van der Waals surface area (Å²) in [4.78, 5) is 0. The van der Waals surface area contributed by atoms with Gasteiger partial charge in [0.05, 0.1) is 6.26 Å². The molecule has 108 valence electrons. The number of hydrogen-bond acceptors (Lipinski definition) is 3. The van der Waals surface area contributed by atoms with E-state index in [9.17, 15) is 0 Å². The summed E-state index contributed by atoms with van der Waals surface area (Å²) in [6, 6.07) is 9.92. The van der Waals surface area contributed by atoms with Crippen LogP contribution in [-0.2, 0) is 0 Å². The standard InChI is InChI=1S/C17H23NO2/c1-11(2)14-8-7-12(3)16(10-14)20-17(13(4)18)15-6-5-9-19-15/h5-11,13,17H,18H2,1-4H3. The van der Waals surface area contributed by atoms with Crippen LogP contribution in [-0.4, -0.2) is 6.04 Å². The molecule has 1 heterocycles. The van der Waals surface area contributed by atoms with Crippen molar-refractivity contribution in [3.63, 3.8) is 0 Å². The zero-order valence-electron chi connectivity index (χ0n) is 12.6. The summed E-state index contributed by atoms with van der Waals surface area (Å²) in [5, 5.41) is 0. The number of rotatable bonds is 5. The van der Waals surface area contributed by atoms with E-state index in [2.05, 4.69) is 32.0 Å². The first kappa shape index (κ1) is 14.7. The Morgan fingerprint density at radius 3 is 2.45 bits per heavy atom. The third-order valence-corrected chi connectivity index (χ3v) is 3.43. The lowest BCUT2D eigenvalue weighted by Gasteiger charge is -2.22. The molecule has 0 aliphatic rings. The molecule has 0 amide bonds. The number of aryl methyl sites for hydroxylation is 1. The van der Waals surface area contributed by atoms with Crippen molar-refractivity contribution in [3.8, 4) is 5.75 Å². The average molecular weight is 273 g/mol. The van der Waals surface area contributed by atoms with E-state index < -0.39 is 0 Å². The van der Waals surface area contributed by atoms with Gasteiger partial charge >= 0.3 is 0 Å². The van der Waals surface area contributed by atoms with Crippen LogP contribution in [0.1, 0.15) is 49.7 Å². The van der Waals surface area contributed by atoms with Gasteiger partial charge in [0.15, 0.2) is 6.10 Å². The molecule has 2 N–H and O–H groups in total. The van der Waals surface area contributed by atoms with Crippen LogP contribution in [0.25, 0.3) is 0 Å². The largest absolute Gasteiger partial charge is 0.481 e. The fourth-order valence-electron chi connectivity index (χ4n) is 2.12. The molecule has 2 atom stereocenters. The molecular formula is C17H23NO2. The van der Waals surface area contributed by atoms with Crippen LogP contribution in [0.5, 0.6) is 5.75 Å². The molecule has 0 bridgehead atoms. The van der Waals surface area contributed by atoms with E-state index in [0.29, 0.717) is 5.92 Å². The minimum Gasteiger partial charge on any atom is -0.481 e. The summed E-state index contributed by atoms with van der Waals surface area (Å²) in [6.45, 7) is 8.31. The number of ether oxygens (including phenoxy) is 1. The quantitative estimate of drug-likeness (QED) is 0.889. The van der Waals surface area contributed by atoms with Crippen molar-refractivity contribution in [1.82, 2.24) is 0 Å². The normalized spacial score (nSPS) is 14.3. The SMILES string of the molecule is Cc1ccc(C(C)C)cc1OC(c1ccco1)C(C)N. The number of furan rings is 1. The minimum atomic E-state index is -0.272. The summed E-state index contributed by atoms with van der Waals surface area (Å²) in [6.07, 6.45) is 1.37. The molecule has 0 saturated carbocycles. The summed E-state index contributed by atoms with van der Waals surface area (Å²) < 4.78 is 11.6. The first-order valence-corrected chi connectivity index (χ1v) is 7.05. The van der Waals surface area contributed by atoms with Gasteiger partial charge in [-0.25, -0.2) is 0 Å². The van der Waals surface area contributed by atoms with Crippen LogP contribution in [0.2, 0.25) is 0 Å². The van der Waals surface area contributed by atoms with E-state index in [0.717, 1.165) is 17.1 Å². The molecule has 2 aromatic rings. The lowest BCUT2D eigenvalue weighted by molar-refractivity contribution is 0.152. The lowest BCUT2D eigenvalue weighted by Crippen LogP contribution is -2.28. The molecule has 0 aliphatic heterocycles. The van der Waals surface area contributed by atoms with Crippen molar-refractivity contribution >= 4 is 0 Å². The van der Waals surface area contributed by atoms with Crippen LogP contribution in [0.15, 0.2) is 41.0 Å². The third-order valence-electron chi connectivity index (χ3n) is 3.43. The Hall–Kier alpha value is -1.74. The Morgan fingerprint density at radius 2 is 1.90 bits per heavy atom. The molecule has 0 radical (unpaired) electrons. The Balaban J connectivity index is 2.29. The van der Waals surface area contributed by atoms with Crippen LogP contribution < -0.4 is 10.5 Å². The predicted molar refractivity (Wildman–Crippen MR) is 81.0 cm³/mol. The van der Waals surface area contributed by atoms with Gasteiger partial charge in [-0.15, -0.1) is 0 Å². The van der Waals surface area contributed by atoms with Crippen molar-refractivity contribution in [1.29, 1.82) is 0 Å². The smallest absolute Gasteiger partial charge is 0.171 e. The van der Waals surface area contributed by atoms with Gasteiger partial charge in [-0.1, -0.05) is 26.0 Å². The molecule has 0 saturated heterocycles. The maximum atomic E-state index is 6.12. The average Bonchev–Trinajstić information content (AvgIpc) is 2.90. The molecule has 0 spiro atoms. The summed E-state index contributed by atoms with van der Waals surface area (Å²) >= 11 is 0. The van der Waals surface area contributed by atoms with Gasteiger partial charge in [-0.3, -0.25) is 0 Å². The van der Waals surface area contributed by atoms with Crippen LogP contribution in [0.3, 0.4) is 0 Å². The molecule has 2 rings (SSSR count). The van der Waals surface area contributed by atoms with E-state index in [-0.39, 0.29) is 12.1 Å². The predicted octanol–water partition coefficient (Wildman–Crippen LogP) is 4.18. The highest BCUT2D eigenvalue weighted by atomic mass is 16.5. The van der Waals surface area contributed by atoms with E-state index in [4.69, 9.17) is 14.9 Å². The van der Waals surface area contributed by atoms with Crippen LogP contribution in [0, 0.1) is 6.92 Å². The molecule has 3 heteroatoms. The lowest BCUT2D eigenvalue weighted by atomic mass is 10.0. The second-order valence-corrected chi connectivity index (χ2v) is 5.59. The zero-order valence-corrected chi connectivity index (χ0v) is 12.6. The van der Waals surface area contributed by atoms with Gasteiger partial charge in [0.2, 0.25) is 0 Å². The molecule has 0 aliphatic carbocycles. The van der Waals surface area contributed by atoms with Gasteiger partial charge < -0.3 is 14.9 Å². The van der Waals surface area contributed by atoms with E-state index in [1.165, 1.54) is 5.56 Å². The highest BCUT2D eigenvalue weighted by molar-refractivity contribution is 5.38. The Morgan fingerprint density at radius 1 is 1.15 bits per heavy atom. The maximum absolute atomic E-state index is 6.12. The highest BCUT2D eigenvalue weighted by Gasteiger charge is 2.22. The maximum Gasteiger partial charge on any atom is 0.171 e. The first-order chi connectivity index (χ1) is 9.49. The second-order valence-electron chi connectivity index (χ2n) is 5.59. The van der Waals surface area contributed by atoms with E-state index in [1.54, 1.807) is 6.26 Å². The fraction of sp³-hybridized carbons (Fsp3) is 0.412. The van der Waals surface area contributed by atoms with Crippen molar-refractivity contribution in [2.75, 3.05) is 0 Å². The molecule has 0 fully saturated rings. The van der Waals surface area contributed by atoms with Crippen molar-refractivity contribution in [3.05, 3.63) is 53.5 Å². The van der Waals surface area contributed by atoms with E-state index in [1.807, 2.05) is 26.0 Å². The van der Waals surface area contributed by atoms with E-state index >= 15 is 0 Å². The fourth-order valence-corrected chi connectivity index (χ4v) is 2.12. The Bertz CT molecular complexity index is 544. The first-order valence-electron chi connectivity index (χ1n) is 7.05. The van der Waals surface area contributed by atoms with Crippen LogP contribution >= 0.6 is 0 Å². The van der Waals surface area contributed by atoms with Crippen molar-refractivity contribution in [2.24, 2.45) is 5.73 Å². The second kappa shape index (κ2) is 6.14. The summed E-state index contributed by atoms with van der Waals surface area (Å²) in [5.74, 6) is 2.10. The molecular weight excluding hydrogens is 250 g/mol. The molecule has 3 nitrogen and oxygen atoms in total. The van der Waals surface area contributed by atoms with Crippen LogP contribution in [0.4, 0.5) is 0 Å². The molecule has 1 aromatic heterocycles. The number of hydrogen-bond donors (Lipinski definition) is 1. The van der Waals surface area contributed by atoms with Gasteiger partial charge in [0.25, 0.3) is 0 Å². The third kappa shape index (κ3) is 3.23.